The number of fused-ring (bicyclic) bond motifs is 1. The number of hydrogen-bond donors (Lipinski definition) is 1. The summed E-state index contributed by atoms with van der Waals surface area (Å²) in [5.74, 6) is -2.17. The lowest BCUT2D eigenvalue weighted by Crippen LogP contribution is -2.30. The van der Waals surface area contributed by atoms with Crippen molar-refractivity contribution in [3.63, 3.8) is 0 Å². The van der Waals surface area contributed by atoms with Crippen molar-refractivity contribution < 1.29 is 19.2 Å². The van der Waals surface area contributed by atoms with Gasteiger partial charge in [0.1, 0.15) is 11.1 Å². The number of nitro groups is 1. The van der Waals surface area contributed by atoms with E-state index in [9.17, 15) is 19.7 Å². The van der Waals surface area contributed by atoms with Crippen LogP contribution in [-0.2, 0) is 14.3 Å². The number of pyridine rings is 1. The molecule has 8 heteroatoms. The molecule has 1 aromatic carbocycles. The lowest BCUT2D eigenvalue weighted by Gasteiger charge is -2.24. The van der Waals surface area contributed by atoms with Crippen molar-refractivity contribution in [3.05, 3.63) is 45.6 Å². The van der Waals surface area contributed by atoms with E-state index < -0.39 is 28.3 Å². The lowest BCUT2D eigenvalue weighted by atomic mass is 9.92. The van der Waals surface area contributed by atoms with Crippen LogP contribution in [-0.4, -0.2) is 27.4 Å². The Morgan fingerprint density at radius 3 is 2.54 bits per heavy atom. The van der Waals surface area contributed by atoms with Gasteiger partial charge in [0.25, 0.3) is 5.69 Å². The Morgan fingerprint density at radius 2 is 2.00 bits per heavy atom. The van der Waals surface area contributed by atoms with Crippen LogP contribution in [0.15, 0.2) is 24.3 Å². The van der Waals surface area contributed by atoms with Gasteiger partial charge in [-0.15, -0.1) is 0 Å². The van der Waals surface area contributed by atoms with E-state index >= 15 is 0 Å². The van der Waals surface area contributed by atoms with E-state index in [4.69, 9.17) is 10.5 Å². The minimum atomic E-state index is -0.928. The minimum absolute atomic E-state index is 0.124. The summed E-state index contributed by atoms with van der Waals surface area (Å²) >= 11 is 0. The number of aryl methyl sites for hydroxylation is 1. The molecule has 1 heterocycles. The van der Waals surface area contributed by atoms with E-state index in [0.29, 0.717) is 16.6 Å². The summed E-state index contributed by atoms with van der Waals surface area (Å²) in [5, 5.41) is 11.7. The molecular weight excluding hydrogens is 338 g/mol. The van der Waals surface area contributed by atoms with Crippen LogP contribution >= 0.6 is 0 Å². The second kappa shape index (κ2) is 7.07. The first-order valence-electron chi connectivity index (χ1n) is 8.05. The Labute approximate surface area is 150 Å². The maximum Gasteiger partial charge on any atom is 0.314 e. The van der Waals surface area contributed by atoms with Crippen LogP contribution in [0.4, 0.5) is 5.69 Å². The molecule has 0 saturated carbocycles. The third kappa shape index (κ3) is 4.33. The highest BCUT2D eigenvalue weighted by atomic mass is 16.6. The van der Waals surface area contributed by atoms with E-state index in [1.54, 1.807) is 39.8 Å². The number of carbonyl (C=O) groups excluding carboxylic acids is 2. The van der Waals surface area contributed by atoms with Crippen molar-refractivity contribution >= 4 is 28.5 Å². The van der Waals surface area contributed by atoms with Crippen molar-refractivity contribution in [1.82, 2.24) is 4.98 Å². The van der Waals surface area contributed by atoms with Crippen molar-refractivity contribution in [2.75, 3.05) is 0 Å². The number of nitro benzene ring substituents is 1. The molecule has 2 N–H and O–H groups in total. The zero-order valence-electron chi connectivity index (χ0n) is 15.1. The maximum atomic E-state index is 12.6. The van der Waals surface area contributed by atoms with Crippen LogP contribution in [0, 0.1) is 17.0 Å². The number of primary amides is 1. The van der Waals surface area contributed by atoms with Gasteiger partial charge in [0.2, 0.25) is 5.91 Å². The molecule has 1 atom stereocenters. The fraction of sp³-hybridized carbons (Fsp3) is 0.389. The molecule has 2 rings (SSSR count). The number of aromatic nitrogens is 1. The van der Waals surface area contributed by atoms with Crippen molar-refractivity contribution in [3.8, 4) is 0 Å². The highest BCUT2D eigenvalue weighted by Crippen LogP contribution is 2.31. The van der Waals surface area contributed by atoms with E-state index in [1.165, 1.54) is 12.1 Å². The standard InChI is InChI=1S/C18H21N3O5/c1-10-12(13(9-15(19)22)17(23)26-18(2,3)4)8-11-6-5-7-14(21(24)25)16(11)20-10/h5-8,13H,9H2,1-4H3,(H2,19,22). The Balaban J connectivity index is 2.59. The Kier molecular flexibility index (Phi) is 5.25. The average Bonchev–Trinajstić information content (AvgIpc) is 2.49. The third-order valence-corrected chi connectivity index (χ3v) is 3.72. The molecule has 1 amide bonds. The molecule has 0 aliphatic carbocycles. The summed E-state index contributed by atoms with van der Waals surface area (Å²) in [4.78, 5) is 39.0. The predicted octanol–water partition coefficient (Wildman–Crippen LogP) is 2.75. The topological polar surface area (TPSA) is 125 Å². The quantitative estimate of drug-likeness (QED) is 0.497. The molecule has 0 radical (unpaired) electrons. The molecular formula is C18H21N3O5. The molecule has 2 aromatic rings. The first-order chi connectivity index (χ1) is 12.0. The van der Waals surface area contributed by atoms with Crippen LogP contribution in [0.25, 0.3) is 10.9 Å². The fourth-order valence-corrected chi connectivity index (χ4v) is 2.69. The summed E-state index contributed by atoms with van der Waals surface area (Å²) in [7, 11) is 0. The van der Waals surface area contributed by atoms with E-state index in [-0.39, 0.29) is 17.6 Å². The monoisotopic (exact) mass is 359 g/mol. The molecule has 0 bridgehead atoms. The third-order valence-electron chi connectivity index (χ3n) is 3.72. The Bertz CT molecular complexity index is 886. The molecule has 8 nitrogen and oxygen atoms in total. The fourth-order valence-electron chi connectivity index (χ4n) is 2.69. The largest absolute Gasteiger partial charge is 0.459 e. The number of nitrogens with zero attached hydrogens (tertiary/aromatic N) is 2. The van der Waals surface area contributed by atoms with Gasteiger partial charge in [0.05, 0.1) is 10.8 Å². The molecule has 138 valence electrons. The second-order valence-electron chi connectivity index (χ2n) is 7.03. The zero-order valence-corrected chi connectivity index (χ0v) is 15.1. The van der Waals surface area contributed by atoms with E-state index in [2.05, 4.69) is 4.98 Å². The highest BCUT2D eigenvalue weighted by molar-refractivity contribution is 5.91. The number of esters is 1. The van der Waals surface area contributed by atoms with Gasteiger partial charge in [-0.1, -0.05) is 12.1 Å². The average molecular weight is 359 g/mol. The first-order valence-corrected chi connectivity index (χ1v) is 8.05. The van der Waals surface area contributed by atoms with Gasteiger partial charge in [0.15, 0.2) is 0 Å². The van der Waals surface area contributed by atoms with Gasteiger partial charge >= 0.3 is 5.97 Å². The van der Waals surface area contributed by atoms with E-state index in [0.717, 1.165) is 0 Å². The molecule has 0 spiro atoms. The van der Waals surface area contributed by atoms with Crippen LogP contribution in [0.1, 0.15) is 44.4 Å². The van der Waals surface area contributed by atoms with Gasteiger partial charge < -0.3 is 10.5 Å². The van der Waals surface area contributed by atoms with E-state index in [1.807, 2.05) is 0 Å². The van der Waals surface area contributed by atoms with Crippen molar-refractivity contribution in [1.29, 1.82) is 0 Å². The Hall–Kier alpha value is -3.03. The normalized spacial score (nSPS) is 12.6. The first kappa shape index (κ1) is 19.3. The molecule has 1 unspecified atom stereocenters. The number of hydrogen-bond acceptors (Lipinski definition) is 6. The number of nitrogens with two attached hydrogens (primary N) is 1. The van der Waals surface area contributed by atoms with Crippen LogP contribution in [0.3, 0.4) is 0 Å². The number of non-ortho nitro benzene ring substituents is 1. The summed E-state index contributed by atoms with van der Waals surface area (Å²) in [6.45, 7) is 6.80. The molecule has 0 saturated heterocycles. The SMILES string of the molecule is Cc1nc2c([N+](=O)[O-])cccc2cc1C(CC(N)=O)C(=O)OC(C)(C)C. The van der Waals surface area contributed by atoms with Gasteiger partial charge in [-0.3, -0.25) is 19.7 Å². The van der Waals surface area contributed by atoms with Crippen molar-refractivity contribution in [2.24, 2.45) is 5.73 Å². The number of para-hydroxylation sites is 1. The Morgan fingerprint density at radius 1 is 1.35 bits per heavy atom. The van der Waals surface area contributed by atoms with Crippen LogP contribution in [0.2, 0.25) is 0 Å². The van der Waals surface area contributed by atoms with Gasteiger partial charge in [-0.25, -0.2) is 4.98 Å². The molecule has 0 fully saturated rings. The number of benzene rings is 1. The predicted molar refractivity (Wildman–Crippen MR) is 95.5 cm³/mol. The maximum absolute atomic E-state index is 12.6. The molecule has 26 heavy (non-hydrogen) atoms. The number of carbonyl (C=O) groups is 2. The summed E-state index contributed by atoms with van der Waals surface area (Å²) < 4.78 is 5.40. The summed E-state index contributed by atoms with van der Waals surface area (Å²) in [5.41, 5.74) is 5.54. The van der Waals surface area contributed by atoms with Crippen LogP contribution in [0.5, 0.6) is 0 Å². The number of amides is 1. The smallest absolute Gasteiger partial charge is 0.314 e. The summed E-state index contributed by atoms with van der Waals surface area (Å²) in [6.07, 6.45) is -0.238. The lowest BCUT2D eigenvalue weighted by molar-refractivity contribution is -0.383. The highest BCUT2D eigenvalue weighted by Gasteiger charge is 2.30. The summed E-state index contributed by atoms with van der Waals surface area (Å²) in [6, 6.07) is 6.19. The number of rotatable bonds is 5. The zero-order chi connectivity index (χ0) is 19.6. The molecule has 0 aliphatic rings. The number of ether oxygens (including phenoxy) is 1. The molecule has 1 aromatic heterocycles. The van der Waals surface area contributed by atoms with Gasteiger partial charge in [-0.2, -0.15) is 0 Å². The van der Waals surface area contributed by atoms with Gasteiger partial charge in [0, 0.05) is 23.6 Å². The molecule has 0 aliphatic heterocycles. The van der Waals surface area contributed by atoms with Gasteiger partial charge in [-0.05, 0) is 39.3 Å². The van der Waals surface area contributed by atoms with Crippen molar-refractivity contribution in [2.45, 2.75) is 45.6 Å². The van der Waals surface area contributed by atoms with Crippen LogP contribution < -0.4 is 5.73 Å². The second-order valence-corrected chi connectivity index (χ2v) is 7.03. The minimum Gasteiger partial charge on any atom is -0.459 e.